The number of thioether (sulfide) groups is 1. The van der Waals surface area contributed by atoms with E-state index in [1.807, 2.05) is 17.4 Å². The number of benzene rings is 1. The van der Waals surface area contributed by atoms with Crippen molar-refractivity contribution in [2.75, 3.05) is 5.32 Å². The van der Waals surface area contributed by atoms with Crippen LogP contribution in [0.3, 0.4) is 0 Å². The van der Waals surface area contributed by atoms with Gasteiger partial charge in [-0.25, -0.2) is 0 Å². The Morgan fingerprint density at radius 3 is 2.71 bits per heavy atom. The summed E-state index contributed by atoms with van der Waals surface area (Å²) in [6.45, 7) is 8.19. The molecule has 1 amide bonds. The first kappa shape index (κ1) is 20.9. The molecule has 1 atom stereocenters. The SMILES string of the molecule is CCC(Sc1nnc2cc(C)c3cc(C)cc(C)c3n12)C(=O)Nc1c(C#N)cnn1C. The van der Waals surface area contributed by atoms with E-state index in [1.165, 1.54) is 28.2 Å². The zero-order valence-electron chi connectivity index (χ0n) is 18.1. The van der Waals surface area contributed by atoms with E-state index in [0.717, 1.165) is 27.7 Å². The standard InChI is InChI=1S/C22H23N7OS/c1-6-17(21(30)25-20-15(10-23)11-24-28(20)5)31-22-27-26-18-9-13(3)16-8-12(2)7-14(4)19(16)29(18)22/h7-9,11,17H,6H2,1-5H3,(H,25,30). The fourth-order valence-electron chi connectivity index (χ4n) is 3.80. The summed E-state index contributed by atoms with van der Waals surface area (Å²) in [5.41, 5.74) is 5.62. The van der Waals surface area contributed by atoms with Crippen LogP contribution in [0.25, 0.3) is 16.6 Å². The molecule has 31 heavy (non-hydrogen) atoms. The molecule has 0 fully saturated rings. The van der Waals surface area contributed by atoms with Crippen LogP contribution < -0.4 is 5.32 Å². The van der Waals surface area contributed by atoms with E-state index in [0.29, 0.717) is 23.0 Å². The maximum atomic E-state index is 13.0. The number of nitriles is 1. The van der Waals surface area contributed by atoms with Gasteiger partial charge in [0.25, 0.3) is 0 Å². The van der Waals surface area contributed by atoms with Crippen LogP contribution >= 0.6 is 11.8 Å². The summed E-state index contributed by atoms with van der Waals surface area (Å²) in [6, 6.07) is 8.39. The highest BCUT2D eigenvalue weighted by atomic mass is 32.2. The number of amides is 1. The fourth-order valence-corrected chi connectivity index (χ4v) is 4.77. The number of aromatic nitrogens is 5. The lowest BCUT2D eigenvalue weighted by Crippen LogP contribution is -2.26. The highest BCUT2D eigenvalue weighted by molar-refractivity contribution is 8.00. The predicted octanol–water partition coefficient (Wildman–Crippen LogP) is 3.92. The molecule has 1 unspecified atom stereocenters. The lowest BCUT2D eigenvalue weighted by atomic mass is 10.0. The summed E-state index contributed by atoms with van der Waals surface area (Å²) in [7, 11) is 1.69. The van der Waals surface area contributed by atoms with Crippen molar-refractivity contribution < 1.29 is 4.79 Å². The molecule has 1 N–H and O–H groups in total. The van der Waals surface area contributed by atoms with Crippen LogP contribution in [0.2, 0.25) is 0 Å². The normalized spacial score (nSPS) is 12.3. The van der Waals surface area contributed by atoms with Crippen LogP contribution in [0.15, 0.2) is 29.6 Å². The molecular formula is C22H23N7OS. The van der Waals surface area contributed by atoms with Gasteiger partial charge in [0.05, 0.1) is 17.0 Å². The van der Waals surface area contributed by atoms with Gasteiger partial charge in [-0.2, -0.15) is 10.4 Å². The minimum atomic E-state index is -0.407. The second kappa shape index (κ2) is 8.04. The van der Waals surface area contributed by atoms with Gasteiger partial charge in [0.2, 0.25) is 5.91 Å². The number of carbonyl (C=O) groups is 1. The van der Waals surface area contributed by atoms with Gasteiger partial charge >= 0.3 is 0 Å². The third kappa shape index (κ3) is 3.64. The van der Waals surface area contributed by atoms with Gasteiger partial charge in [0.15, 0.2) is 10.8 Å². The number of pyridine rings is 1. The zero-order chi connectivity index (χ0) is 22.3. The Kier molecular flexibility index (Phi) is 5.41. The van der Waals surface area contributed by atoms with Crippen molar-refractivity contribution >= 4 is 40.0 Å². The van der Waals surface area contributed by atoms with E-state index in [-0.39, 0.29) is 5.91 Å². The number of rotatable bonds is 5. The first-order valence-corrected chi connectivity index (χ1v) is 10.9. The van der Waals surface area contributed by atoms with Crippen LogP contribution in [0.5, 0.6) is 0 Å². The number of aryl methyl sites for hydroxylation is 4. The van der Waals surface area contributed by atoms with Crippen molar-refractivity contribution in [3.63, 3.8) is 0 Å². The summed E-state index contributed by atoms with van der Waals surface area (Å²) in [6.07, 6.45) is 2.03. The molecular weight excluding hydrogens is 410 g/mol. The molecule has 0 spiro atoms. The number of fused-ring (bicyclic) bond motifs is 3. The van der Waals surface area contributed by atoms with Gasteiger partial charge in [-0.1, -0.05) is 30.3 Å². The number of hydrogen-bond donors (Lipinski definition) is 1. The van der Waals surface area contributed by atoms with Crippen molar-refractivity contribution in [3.8, 4) is 6.07 Å². The summed E-state index contributed by atoms with van der Waals surface area (Å²) in [5.74, 6) is 0.193. The van der Waals surface area contributed by atoms with Crippen molar-refractivity contribution in [3.05, 3.63) is 46.6 Å². The predicted molar refractivity (Wildman–Crippen MR) is 121 cm³/mol. The third-order valence-corrected chi connectivity index (χ3v) is 6.62. The van der Waals surface area contributed by atoms with E-state index >= 15 is 0 Å². The average Bonchev–Trinajstić information content (AvgIpc) is 3.29. The summed E-state index contributed by atoms with van der Waals surface area (Å²) >= 11 is 1.37. The maximum Gasteiger partial charge on any atom is 0.239 e. The number of carbonyl (C=O) groups excluding carboxylic acids is 1. The molecule has 3 heterocycles. The Balaban J connectivity index is 1.73. The molecule has 1 aromatic carbocycles. The van der Waals surface area contributed by atoms with E-state index in [4.69, 9.17) is 0 Å². The highest BCUT2D eigenvalue weighted by Gasteiger charge is 2.24. The summed E-state index contributed by atoms with van der Waals surface area (Å²) in [5, 5.41) is 26.3. The Bertz CT molecular complexity index is 1360. The van der Waals surface area contributed by atoms with Gasteiger partial charge in [0.1, 0.15) is 17.5 Å². The van der Waals surface area contributed by atoms with Crippen molar-refractivity contribution in [2.24, 2.45) is 7.05 Å². The number of nitrogens with zero attached hydrogens (tertiary/aromatic N) is 6. The number of nitrogens with one attached hydrogen (secondary N) is 1. The second-order valence-electron chi connectivity index (χ2n) is 7.63. The maximum absolute atomic E-state index is 13.0. The molecule has 3 aromatic heterocycles. The molecule has 9 heteroatoms. The van der Waals surface area contributed by atoms with Crippen LogP contribution in [-0.4, -0.2) is 35.5 Å². The Labute approximate surface area is 184 Å². The molecule has 0 radical (unpaired) electrons. The quantitative estimate of drug-likeness (QED) is 0.479. The first-order chi connectivity index (χ1) is 14.8. The molecule has 0 aliphatic rings. The third-order valence-electron chi connectivity index (χ3n) is 5.31. The van der Waals surface area contributed by atoms with Crippen LogP contribution in [-0.2, 0) is 11.8 Å². The fraction of sp³-hybridized carbons (Fsp3) is 0.318. The van der Waals surface area contributed by atoms with Gasteiger partial charge in [0, 0.05) is 12.4 Å². The summed E-state index contributed by atoms with van der Waals surface area (Å²) in [4.78, 5) is 13.0. The molecule has 0 bridgehead atoms. The lowest BCUT2D eigenvalue weighted by Gasteiger charge is -2.15. The van der Waals surface area contributed by atoms with E-state index in [2.05, 4.69) is 59.6 Å². The number of hydrogen-bond acceptors (Lipinski definition) is 6. The number of anilines is 1. The van der Waals surface area contributed by atoms with Crippen molar-refractivity contribution in [2.45, 2.75) is 44.5 Å². The average molecular weight is 434 g/mol. The van der Waals surface area contributed by atoms with E-state index in [1.54, 1.807) is 7.05 Å². The molecule has 8 nitrogen and oxygen atoms in total. The molecule has 4 aromatic rings. The van der Waals surface area contributed by atoms with E-state index in [9.17, 15) is 10.1 Å². The van der Waals surface area contributed by atoms with Gasteiger partial charge in [-0.15, -0.1) is 10.2 Å². The molecule has 0 aliphatic heterocycles. The first-order valence-electron chi connectivity index (χ1n) is 9.99. The minimum absolute atomic E-state index is 0.201. The topological polar surface area (TPSA) is 101 Å². The van der Waals surface area contributed by atoms with Crippen molar-refractivity contribution in [1.29, 1.82) is 5.26 Å². The molecule has 0 saturated carbocycles. The Morgan fingerprint density at radius 2 is 2.00 bits per heavy atom. The smallest absolute Gasteiger partial charge is 0.239 e. The lowest BCUT2D eigenvalue weighted by molar-refractivity contribution is -0.115. The molecule has 4 rings (SSSR count). The monoisotopic (exact) mass is 433 g/mol. The van der Waals surface area contributed by atoms with Gasteiger partial charge in [-0.3, -0.25) is 13.9 Å². The zero-order valence-corrected chi connectivity index (χ0v) is 18.9. The Hall–Kier alpha value is -3.38. The Morgan fingerprint density at radius 1 is 1.23 bits per heavy atom. The van der Waals surface area contributed by atoms with Gasteiger partial charge < -0.3 is 5.32 Å². The van der Waals surface area contributed by atoms with Crippen LogP contribution in [0, 0.1) is 32.1 Å². The van der Waals surface area contributed by atoms with E-state index < -0.39 is 5.25 Å². The van der Waals surface area contributed by atoms with Gasteiger partial charge in [-0.05, 0) is 50.5 Å². The summed E-state index contributed by atoms with van der Waals surface area (Å²) < 4.78 is 3.52. The van der Waals surface area contributed by atoms with Crippen LogP contribution in [0.4, 0.5) is 5.82 Å². The highest BCUT2D eigenvalue weighted by Crippen LogP contribution is 2.31. The minimum Gasteiger partial charge on any atom is -0.309 e. The molecule has 158 valence electrons. The molecule has 0 aliphatic carbocycles. The molecule has 0 saturated heterocycles. The van der Waals surface area contributed by atoms with Crippen LogP contribution in [0.1, 0.15) is 35.6 Å². The second-order valence-corrected chi connectivity index (χ2v) is 8.80. The largest absolute Gasteiger partial charge is 0.309 e. The van der Waals surface area contributed by atoms with Crippen molar-refractivity contribution in [1.82, 2.24) is 24.4 Å².